The molecule has 150 valence electrons. The van der Waals surface area contributed by atoms with Crippen molar-refractivity contribution in [2.45, 2.75) is 32.1 Å². The summed E-state index contributed by atoms with van der Waals surface area (Å²) in [4.78, 5) is 23.8. The van der Waals surface area contributed by atoms with Gasteiger partial charge in [-0.1, -0.05) is 36.4 Å². The van der Waals surface area contributed by atoms with E-state index in [2.05, 4.69) is 5.32 Å². The van der Waals surface area contributed by atoms with E-state index in [1.165, 1.54) is 14.2 Å². The second kappa shape index (κ2) is 10.3. The molecular weight excluding hydrogens is 362 g/mol. The number of amides is 1. The molecule has 2 rings (SSSR count). The first-order chi connectivity index (χ1) is 13.4. The molecule has 28 heavy (non-hydrogen) atoms. The molecule has 0 fully saturated rings. The number of benzene rings is 2. The number of carbonyl (C=O) groups excluding carboxylic acids is 1. The Morgan fingerprint density at radius 1 is 1.04 bits per heavy atom. The fourth-order valence-electron chi connectivity index (χ4n) is 2.66. The maximum atomic E-state index is 12.5. The summed E-state index contributed by atoms with van der Waals surface area (Å²) in [7, 11) is 3.01. The zero-order valence-corrected chi connectivity index (χ0v) is 16.2. The van der Waals surface area contributed by atoms with E-state index in [-0.39, 0.29) is 13.0 Å². The van der Waals surface area contributed by atoms with Gasteiger partial charge in [0, 0.05) is 0 Å². The van der Waals surface area contributed by atoms with Gasteiger partial charge >= 0.3 is 5.97 Å². The zero-order valence-electron chi connectivity index (χ0n) is 16.2. The van der Waals surface area contributed by atoms with Crippen LogP contribution in [0.25, 0.3) is 0 Å². The van der Waals surface area contributed by atoms with E-state index in [1.807, 2.05) is 30.3 Å². The lowest BCUT2D eigenvalue weighted by molar-refractivity contribution is -0.138. The highest BCUT2D eigenvalue weighted by Crippen LogP contribution is 2.31. The van der Waals surface area contributed by atoms with Crippen LogP contribution in [-0.2, 0) is 20.9 Å². The van der Waals surface area contributed by atoms with E-state index in [0.29, 0.717) is 17.1 Å². The van der Waals surface area contributed by atoms with Gasteiger partial charge in [0.25, 0.3) is 0 Å². The largest absolute Gasteiger partial charge is 0.493 e. The predicted molar refractivity (Wildman–Crippen MR) is 103 cm³/mol. The number of methoxy groups -OCH3 is 2. The summed E-state index contributed by atoms with van der Waals surface area (Å²) < 4.78 is 16.1. The number of carboxylic acids is 1. The molecule has 0 aliphatic rings. The summed E-state index contributed by atoms with van der Waals surface area (Å²) in [6.45, 7) is 1.92. The van der Waals surface area contributed by atoms with Crippen molar-refractivity contribution >= 4 is 11.9 Å². The van der Waals surface area contributed by atoms with Crippen molar-refractivity contribution in [2.24, 2.45) is 0 Å². The van der Waals surface area contributed by atoms with Crippen molar-refractivity contribution in [3.63, 3.8) is 0 Å². The minimum Gasteiger partial charge on any atom is -0.493 e. The Balaban J connectivity index is 2.08. The Morgan fingerprint density at radius 3 is 2.32 bits per heavy atom. The molecule has 2 atom stereocenters. The van der Waals surface area contributed by atoms with Crippen LogP contribution in [-0.4, -0.2) is 37.3 Å². The molecule has 0 spiro atoms. The summed E-state index contributed by atoms with van der Waals surface area (Å²) in [6.07, 6.45) is -1.01. The van der Waals surface area contributed by atoms with Crippen LogP contribution >= 0.6 is 0 Å². The first-order valence-electron chi connectivity index (χ1n) is 8.84. The molecule has 2 N–H and O–H groups in total. The van der Waals surface area contributed by atoms with Gasteiger partial charge in [0.15, 0.2) is 11.5 Å². The summed E-state index contributed by atoms with van der Waals surface area (Å²) in [5.74, 6) is -0.445. The lowest BCUT2D eigenvalue weighted by Crippen LogP contribution is -2.38. The lowest BCUT2D eigenvalue weighted by atomic mass is 10.0. The highest BCUT2D eigenvalue weighted by atomic mass is 16.5. The molecule has 0 bridgehead atoms. The minimum absolute atomic E-state index is 0.271. The third-order valence-electron chi connectivity index (χ3n) is 4.22. The molecular formula is C21H25NO6. The Bertz CT molecular complexity index is 793. The number of hydrogen-bond acceptors (Lipinski definition) is 5. The van der Waals surface area contributed by atoms with Crippen molar-refractivity contribution in [2.75, 3.05) is 14.2 Å². The van der Waals surface area contributed by atoms with Gasteiger partial charge in [0.05, 0.1) is 33.3 Å². The van der Waals surface area contributed by atoms with Gasteiger partial charge < -0.3 is 24.6 Å². The quantitative estimate of drug-likeness (QED) is 0.651. The summed E-state index contributed by atoms with van der Waals surface area (Å²) in [6, 6.07) is 13.8. The van der Waals surface area contributed by atoms with Crippen LogP contribution in [0.1, 0.15) is 30.5 Å². The van der Waals surface area contributed by atoms with Gasteiger partial charge in [-0.25, -0.2) is 0 Å². The van der Waals surface area contributed by atoms with Crippen molar-refractivity contribution in [3.8, 4) is 11.5 Å². The number of aliphatic carboxylic acids is 1. The third kappa shape index (κ3) is 5.99. The van der Waals surface area contributed by atoms with E-state index in [4.69, 9.17) is 14.2 Å². The molecule has 0 aliphatic carbocycles. The van der Waals surface area contributed by atoms with E-state index in [9.17, 15) is 14.7 Å². The molecule has 2 aromatic carbocycles. The predicted octanol–water partition coefficient (Wildman–Crippen LogP) is 2.94. The fraction of sp³-hybridized carbons (Fsp3) is 0.333. The normalized spacial score (nSPS) is 12.7. The molecule has 2 aromatic rings. The number of carboxylic acid groups (broad SMARTS) is 1. The number of hydrogen-bond donors (Lipinski definition) is 2. The Labute approximate surface area is 164 Å². The summed E-state index contributed by atoms with van der Waals surface area (Å²) in [5, 5.41) is 12.0. The molecule has 0 saturated carbocycles. The van der Waals surface area contributed by atoms with Crippen LogP contribution in [0.2, 0.25) is 0 Å². The molecule has 2 unspecified atom stereocenters. The van der Waals surface area contributed by atoms with Gasteiger partial charge in [-0.3, -0.25) is 9.59 Å². The van der Waals surface area contributed by atoms with Crippen molar-refractivity contribution < 1.29 is 28.9 Å². The minimum atomic E-state index is -1.03. The maximum Gasteiger partial charge on any atom is 0.305 e. The second-order valence-electron chi connectivity index (χ2n) is 6.21. The second-order valence-corrected chi connectivity index (χ2v) is 6.21. The van der Waals surface area contributed by atoms with Crippen molar-refractivity contribution in [1.82, 2.24) is 5.32 Å². The molecule has 7 heteroatoms. The molecule has 7 nitrogen and oxygen atoms in total. The molecule has 0 aromatic heterocycles. The number of ether oxygens (including phenoxy) is 3. The van der Waals surface area contributed by atoms with Crippen molar-refractivity contribution in [1.29, 1.82) is 0 Å². The first kappa shape index (κ1) is 21.2. The third-order valence-corrected chi connectivity index (χ3v) is 4.22. The zero-order chi connectivity index (χ0) is 20.5. The average molecular weight is 387 g/mol. The maximum absolute atomic E-state index is 12.5. The van der Waals surface area contributed by atoms with Crippen LogP contribution in [0.15, 0.2) is 48.5 Å². The number of nitrogens with one attached hydrogen (secondary N) is 1. The van der Waals surface area contributed by atoms with E-state index >= 15 is 0 Å². The SMILES string of the molecule is COc1ccc(C(CC(=O)O)NC(=O)C(C)OCc2ccccc2)cc1OC. The van der Waals surface area contributed by atoms with Gasteiger partial charge in [-0.2, -0.15) is 0 Å². The van der Waals surface area contributed by atoms with E-state index < -0.39 is 24.0 Å². The van der Waals surface area contributed by atoms with Crippen LogP contribution in [0.3, 0.4) is 0 Å². The van der Waals surface area contributed by atoms with Gasteiger partial charge in [-0.15, -0.1) is 0 Å². The molecule has 1 amide bonds. The van der Waals surface area contributed by atoms with E-state index in [0.717, 1.165) is 5.56 Å². The summed E-state index contributed by atoms with van der Waals surface area (Å²) in [5.41, 5.74) is 1.55. The van der Waals surface area contributed by atoms with E-state index in [1.54, 1.807) is 25.1 Å². The highest BCUT2D eigenvalue weighted by Gasteiger charge is 2.23. The standard InChI is InChI=1S/C21H25NO6/c1-14(28-13-15-7-5-4-6-8-15)21(25)22-17(12-20(23)24)16-9-10-18(26-2)19(11-16)27-3/h4-11,14,17H,12-13H2,1-3H3,(H,22,25)(H,23,24). The van der Waals surface area contributed by atoms with Gasteiger partial charge in [0.2, 0.25) is 5.91 Å². The lowest BCUT2D eigenvalue weighted by Gasteiger charge is -2.21. The smallest absolute Gasteiger partial charge is 0.305 e. The van der Waals surface area contributed by atoms with Crippen LogP contribution in [0.4, 0.5) is 0 Å². The monoisotopic (exact) mass is 387 g/mol. The Morgan fingerprint density at radius 2 is 1.71 bits per heavy atom. The first-order valence-corrected chi connectivity index (χ1v) is 8.84. The molecule has 0 heterocycles. The van der Waals surface area contributed by atoms with Crippen LogP contribution in [0.5, 0.6) is 11.5 Å². The number of rotatable bonds is 10. The average Bonchev–Trinajstić information content (AvgIpc) is 2.71. The Kier molecular flexibility index (Phi) is 7.83. The van der Waals surface area contributed by atoms with Gasteiger partial charge in [-0.05, 0) is 30.2 Å². The van der Waals surface area contributed by atoms with Crippen LogP contribution in [0, 0.1) is 0 Å². The molecule has 0 aliphatic heterocycles. The fourth-order valence-corrected chi connectivity index (χ4v) is 2.66. The summed E-state index contributed by atoms with van der Waals surface area (Å²) >= 11 is 0. The molecule has 0 radical (unpaired) electrons. The van der Waals surface area contributed by atoms with Crippen LogP contribution < -0.4 is 14.8 Å². The molecule has 0 saturated heterocycles. The van der Waals surface area contributed by atoms with Gasteiger partial charge in [0.1, 0.15) is 6.10 Å². The highest BCUT2D eigenvalue weighted by molar-refractivity contribution is 5.81. The Hall–Kier alpha value is -3.06. The van der Waals surface area contributed by atoms with Crippen molar-refractivity contribution in [3.05, 3.63) is 59.7 Å². The topological polar surface area (TPSA) is 94.1 Å². The number of carbonyl (C=O) groups is 2.